The summed E-state index contributed by atoms with van der Waals surface area (Å²) in [5, 5.41) is 0. The van der Waals surface area contributed by atoms with E-state index in [4.69, 9.17) is 0 Å². The molecule has 0 aromatic heterocycles. The number of benzene rings is 2. The zero-order valence-corrected chi connectivity index (χ0v) is 19.7. The molecule has 3 aliphatic heterocycles. The summed E-state index contributed by atoms with van der Waals surface area (Å²) in [6.45, 7) is 14.9. The maximum absolute atomic E-state index is 2.54. The second-order valence-corrected chi connectivity index (χ2v) is 15.3. The fourth-order valence-electron chi connectivity index (χ4n) is 6.70. The van der Waals surface area contributed by atoms with Gasteiger partial charge < -0.3 is 0 Å². The Hall–Kier alpha value is -1.52. The van der Waals surface area contributed by atoms with Crippen LogP contribution in [0.15, 0.2) is 60.2 Å². The first kappa shape index (κ1) is 17.3. The van der Waals surface area contributed by atoms with Gasteiger partial charge in [0.25, 0.3) is 0 Å². The molecular weight excluding hydrogens is 399 g/mol. The Labute approximate surface area is 174 Å². The first-order valence-electron chi connectivity index (χ1n) is 10.6. The zero-order chi connectivity index (χ0) is 19.6. The summed E-state index contributed by atoms with van der Waals surface area (Å²) in [4.78, 5) is 0. The third-order valence-corrected chi connectivity index (χ3v) is 14.8. The van der Waals surface area contributed by atoms with Crippen molar-refractivity contribution in [1.29, 1.82) is 0 Å². The van der Waals surface area contributed by atoms with Crippen LogP contribution < -0.4 is 8.70 Å². The average molecular weight is 428 g/mol. The predicted molar refractivity (Wildman–Crippen MR) is 121 cm³/mol. The van der Waals surface area contributed by atoms with Gasteiger partial charge in [-0.25, -0.2) is 0 Å². The Bertz CT molecular complexity index is 1110. The van der Waals surface area contributed by atoms with Crippen LogP contribution in [0.3, 0.4) is 0 Å². The standard InChI is InChI=1S/C27H29As/c1-25(2)16-10-7-12-18-22(16)28-23-17(25)11-8-13-19(23)27(5,6)21-15-9-14-20(24(21)28)26(18,3)4/h7-16,22H,1-6H3. The molecule has 0 saturated heterocycles. The number of rotatable bonds is 0. The van der Waals surface area contributed by atoms with Crippen molar-refractivity contribution in [3.63, 3.8) is 0 Å². The minimum absolute atomic E-state index is 0.0899. The van der Waals surface area contributed by atoms with Gasteiger partial charge in [-0.3, -0.25) is 0 Å². The molecule has 4 aliphatic rings. The predicted octanol–water partition coefficient (Wildman–Crippen LogP) is 5.00. The maximum atomic E-state index is 2.54. The third kappa shape index (κ3) is 1.72. The van der Waals surface area contributed by atoms with Crippen molar-refractivity contribution in [2.24, 2.45) is 5.92 Å². The van der Waals surface area contributed by atoms with Crippen LogP contribution in [0.4, 0.5) is 0 Å². The van der Waals surface area contributed by atoms with Crippen molar-refractivity contribution in [3.8, 4) is 0 Å². The van der Waals surface area contributed by atoms with Gasteiger partial charge in [0.1, 0.15) is 0 Å². The zero-order valence-electron chi connectivity index (χ0n) is 17.8. The van der Waals surface area contributed by atoms with E-state index < -0.39 is 14.7 Å². The molecule has 0 radical (unpaired) electrons. The first-order chi connectivity index (χ1) is 13.2. The van der Waals surface area contributed by atoms with E-state index in [1.807, 2.05) is 0 Å². The molecule has 0 amide bonds. The Morgan fingerprint density at radius 3 is 1.89 bits per heavy atom. The van der Waals surface area contributed by atoms with Gasteiger partial charge >= 0.3 is 174 Å². The number of hydrogen-bond acceptors (Lipinski definition) is 0. The van der Waals surface area contributed by atoms with E-state index >= 15 is 0 Å². The van der Waals surface area contributed by atoms with Crippen LogP contribution in [0.25, 0.3) is 0 Å². The van der Waals surface area contributed by atoms with Gasteiger partial charge in [0.2, 0.25) is 0 Å². The first-order valence-corrected chi connectivity index (χ1v) is 13.6. The second kappa shape index (κ2) is 4.96. The summed E-state index contributed by atoms with van der Waals surface area (Å²) in [6, 6.07) is 14.5. The molecule has 2 aromatic rings. The van der Waals surface area contributed by atoms with Gasteiger partial charge in [-0.05, 0) is 0 Å². The van der Waals surface area contributed by atoms with E-state index in [1.54, 1.807) is 36.5 Å². The van der Waals surface area contributed by atoms with Crippen LogP contribution >= 0.6 is 0 Å². The molecule has 142 valence electrons. The monoisotopic (exact) mass is 428 g/mol. The second-order valence-electron chi connectivity index (χ2n) is 10.7. The van der Waals surface area contributed by atoms with Crippen molar-refractivity contribution in [2.45, 2.75) is 62.5 Å². The fourth-order valence-corrected chi connectivity index (χ4v) is 16.6. The van der Waals surface area contributed by atoms with Crippen molar-refractivity contribution in [1.82, 2.24) is 0 Å². The molecule has 3 unspecified atom stereocenters. The summed E-state index contributed by atoms with van der Waals surface area (Å²) in [5.74, 6) is 0.622. The van der Waals surface area contributed by atoms with Crippen LogP contribution in [0, 0.1) is 5.92 Å². The molecule has 3 atom stereocenters. The molecule has 1 heteroatoms. The van der Waals surface area contributed by atoms with Crippen molar-refractivity contribution >= 4 is 23.4 Å². The average Bonchev–Trinajstić information content (AvgIpc) is 2.66. The van der Waals surface area contributed by atoms with Crippen LogP contribution in [0.5, 0.6) is 0 Å². The summed E-state index contributed by atoms with van der Waals surface area (Å²) in [6.07, 6.45) is 7.39. The summed E-state index contributed by atoms with van der Waals surface area (Å²) >= 11 is -1.44. The van der Waals surface area contributed by atoms with E-state index in [2.05, 4.69) is 96.2 Å². The molecule has 28 heavy (non-hydrogen) atoms. The summed E-state index contributed by atoms with van der Waals surface area (Å²) < 4.78 is 4.31. The van der Waals surface area contributed by atoms with E-state index in [0.29, 0.717) is 5.92 Å². The molecule has 0 N–H and O–H groups in total. The third-order valence-electron chi connectivity index (χ3n) is 8.35. The number of allylic oxidation sites excluding steroid dienone is 4. The quantitative estimate of drug-likeness (QED) is 0.518. The topological polar surface area (TPSA) is 0 Å². The van der Waals surface area contributed by atoms with Crippen molar-refractivity contribution in [2.75, 3.05) is 0 Å². The van der Waals surface area contributed by atoms with Crippen LogP contribution in [0.2, 0.25) is 4.71 Å². The van der Waals surface area contributed by atoms with Gasteiger partial charge in [-0.15, -0.1) is 0 Å². The Morgan fingerprint density at radius 2 is 1.25 bits per heavy atom. The van der Waals surface area contributed by atoms with E-state index in [1.165, 1.54) is 0 Å². The van der Waals surface area contributed by atoms with Crippen LogP contribution in [-0.2, 0) is 16.2 Å². The Kier molecular flexibility index (Phi) is 3.07. The van der Waals surface area contributed by atoms with Crippen molar-refractivity contribution < 1.29 is 0 Å². The van der Waals surface area contributed by atoms with Crippen LogP contribution in [-0.4, -0.2) is 14.7 Å². The molecule has 1 aliphatic carbocycles. The van der Waals surface area contributed by atoms with E-state index in [-0.39, 0.29) is 16.2 Å². The van der Waals surface area contributed by atoms with Gasteiger partial charge in [0, 0.05) is 0 Å². The molecule has 2 aromatic carbocycles. The molecule has 0 bridgehead atoms. The van der Waals surface area contributed by atoms with Gasteiger partial charge in [0.05, 0.1) is 0 Å². The summed E-state index contributed by atoms with van der Waals surface area (Å²) in [5.41, 5.74) is 8.61. The molecular formula is C27H29As. The Balaban J connectivity index is 1.84. The van der Waals surface area contributed by atoms with Gasteiger partial charge in [-0.2, -0.15) is 0 Å². The molecule has 6 rings (SSSR count). The Morgan fingerprint density at radius 1 is 0.714 bits per heavy atom. The van der Waals surface area contributed by atoms with E-state index in [0.717, 1.165) is 4.71 Å². The number of hydrogen-bond donors (Lipinski definition) is 0. The van der Waals surface area contributed by atoms with Crippen molar-refractivity contribution in [3.05, 3.63) is 82.5 Å². The molecule has 3 heterocycles. The SMILES string of the molecule is CC1(C)C2=CC=CC3C2[As]2c4c1cccc4C(C)(C)c1cccc(c12)C3(C)C. The summed E-state index contributed by atoms with van der Waals surface area (Å²) in [7, 11) is 0. The normalized spacial score (nSPS) is 31.1. The molecule has 0 nitrogen and oxygen atoms in total. The van der Waals surface area contributed by atoms with Gasteiger partial charge in [0.15, 0.2) is 0 Å². The molecule has 0 fully saturated rings. The van der Waals surface area contributed by atoms with Gasteiger partial charge in [-0.1, -0.05) is 0 Å². The minimum atomic E-state index is -1.44. The fraction of sp³-hybridized carbons (Fsp3) is 0.407. The molecule has 0 saturated carbocycles. The van der Waals surface area contributed by atoms with Crippen LogP contribution in [0.1, 0.15) is 63.8 Å². The van der Waals surface area contributed by atoms with E-state index in [9.17, 15) is 0 Å². The molecule has 0 spiro atoms.